The summed E-state index contributed by atoms with van der Waals surface area (Å²) < 4.78 is 5.86. The van der Waals surface area contributed by atoms with Crippen molar-refractivity contribution in [2.75, 3.05) is 19.7 Å². The molecule has 1 saturated heterocycles. The van der Waals surface area contributed by atoms with E-state index in [1.54, 1.807) is 6.20 Å². The zero-order valence-corrected chi connectivity index (χ0v) is 14.7. The first-order valence-corrected chi connectivity index (χ1v) is 9.16. The molecule has 1 N–H and O–H groups in total. The molecule has 0 spiro atoms. The number of ether oxygens (including phenoxy) is 1. The highest BCUT2D eigenvalue weighted by atomic mass is 16.5. The van der Waals surface area contributed by atoms with Gasteiger partial charge in [0.05, 0.1) is 13.0 Å². The fourth-order valence-electron chi connectivity index (χ4n) is 3.51. The van der Waals surface area contributed by atoms with Gasteiger partial charge in [0.15, 0.2) is 0 Å². The molecule has 0 aliphatic carbocycles. The van der Waals surface area contributed by atoms with Gasteiger partial charge in [-0.25, -0.2) is 4.98 Å². The van der Waals surface area contributed by atoms with E-state index in [1.165, 1.54) is 0 Å². The zero-order valence-electron chi connectivity index (χ0n) is 14.7. The van der Waals surface area contributed by atoms with Crippen molar-refractivity contribution < 1.29 is 9.53 Å². The Hall–Kier alpha value is -2.82. The lowest BCUT2D eigenvalue weighted by Crippen LogP contribution is -2.40. The minimum atomic E-state index is 0.192. The number of likely N-dealkylation sites (tertiary alicyclic amines) is 1. The van der Waals surface area contributed by atoms with Gasteiger partial charge in [-0.1, -0.05) is 18.2 Å². The van der Waals surface area contributed by atoms with E-state index in [0.717, 1.165) is 54.9 Å². The number of hydrogen-bond donors (Lipinski definition) is 1. The largest absolute Gasteiger partial charge is 0.493 e. The third kappa shape index (κ3) is 3.72. The molecule has 2 aromatic heterocycles. The Morgan fingerprint density at radius 1 is 1.15 bits per heavy atom. The number of nitrogens with zero attached hydrogens (tertiary/aromatic N) is 2. The summed E-state index contributed by atoms with van der Waals surface area (Å²) in [5, 5.41) is 1.03. The second-order valence-corrected chi connectivity index (χ2v) is 6.84. The molecule has 3 heterocycles. The van der Waals surface area contributed by atoms with E-state index in [1.807, 2.05) is 53.6 Å². The normalized spacial score (nSPS) is 15.3. The van der Waals surface area contributed by atoms with Crippen LogP contribution in [0.4, 0.5) is 0 Å². The first kappa shape index (κ1) is 16.6. The van der Waals surface area contributed by atoms with E-state index in [-0.39, 0.29) is 5.91 Å². The maximum Gasteiger partial charge on any atom is 0.227 e. The molecular weight excluding hydrogens is 326 g/mol. The van der Waals surface area contributed by atoms with Crippen LogP contribution in [-0.2, 0) is 11.2 Å². The average molecular weight is 349 g/mol. The van der Waals surface area contributed by atoms with Gasteiger partial charge >= 0.3 is 0 Å². The molecule has 0 saturated carbocycles. The highest BCUT2D eigenvalue weighted by Crippen LogP contribution is 2.21. The van der Waals surface area contributed by atoms with E-state index in [2.05, 4.69) is 9.97 Å². The third-order valence-electron chi connectivity index (χ3n) is 5.07. The van der Waals surface area contributed by atoms with Gasteiger partial charge in [-0.05, 0) is 48.6 Å². The predicted molar refractivity (Wildman–Crippen MR) is 101 cm³/mol. The number of hydrogen-bond acceptors (Lipinski definition) is 3. The van der Waals surface area contributed by atoms with Crippen molar-refractivity contribution >= 4 is 16.9 Å². The Kier molecular flexibility index (Phi) is 4.86. The van der Waals surface area contributed by atoms with Gasteiger partial charge < -0.3 is 14.6 Å². The Bertz CT molecular complexity index is 867. The van der Waals surface area contributed by atoms with Crippen LogP contribution in [0.3, 0.4) is 0 Å². The molecule has 1 aliphatic rings. The predicted octanol–water partition coefficient (Wildman–Crippen LogP) is 3.42. The van der Waals surface area contributed by atoms with Crippen LogP contribution >= 0.6 is 0 Å². The first-order chi connectivity index (χ1) is 12.8. The number of amides is 1. The van der Waals surface area contributed by atoms with Crippen molar-refractivity contribution in [2.45, 2.75) is 19.3 Å². The maximum absolute atomic E-state index is 12.7. The number of piperidine rings is 1. The van der Waals surface area contributed by atoms with Gasteiger partial charge in [0.1, 0.15) is 11.4 Å². The van der Waals surface area contributed by atoms with E-state index in [0.29, 0.717) is 12.3 Å². The second-order valence-electron chi connectivity index (χ2n) is 6.84. The molecule has 0 radical (unpaired) electrons. The van der Waals surface area contributed by atoms with Crippen molar-refractivity contribution in [1.82, 2.24) is 14.9 Å². The van der Waals surface area contributed by atoms with Crippen LogP contribution in [0.1, 0.15) is 18.4 Å². The monoisotopic (exact) mass is 349 g/mol. The van der Waals surface area contributed by atoms with Crippen LogP contribution in [-0.4, -0.2) is 40.5 Å². The summed E-state index contributed by atoms with van der Waals surface area (Å²) in [5.41, 5.74) is 1.86. The molecule has 5 heteroatoms. The van der Waals surface area contributed by atoms with Crippen LogP contribution in [0.25, 0.3) is 11.0 Å². The fraction of sp³-hybridized carbons (Fsp3) is 0.333. The summed E-state index contributed by atoms with van der Waals surface area (Å²) in [6, 6.07) is 13.8. The third-order valence-corrected chi connectivity index (χ3v) is 5.07. The smallest absolute Gasteiger partial charge is 0.227 e. The number of para-hydroxylation sites is 1. The number of aromatic amines is 1. The molecule has 134 valence electrons. The summed E-state index contributed by atoms with van der Waals surface area (Å²) in [7, 11) is 0. The summed E-state index contributed by atoms with van der Waals surface area (Å²) in [5.74, 6) is 1.62. The fourth-order valence-corrected chi connectivity index (χ4v) is 3.51. The molecule has 4 rings (SSSR count). The Labute approximate surface area is 153 Å². The van der Waals surface area contributed by atoms with Gasteiger partial charge in [0.25, 0.3) is 0 Å². The molecule has 1 amide bonds. The van der Waals surface area contributed by atoms with Crippen molar-refractivity contribution in [3.63, 3.8) is 0 Å². The molecule has 1 fully saturated rings. The minimum absolute atomic E-state index is 0.192. The number of aromatic nitrogens is 2. The summed E-state index contributed by atoms with van der Waals surface area (Å²) >= 11 is 0. The summed E-state index contributed by atoms with van der Waals surface area (Å²) in [6.07, 6.45) is 6.07. The molecule has 1 aromatic carbocycles. The molecule has 5 nitrogen and oxygen atoms in total. The minimum Gasteiger partial charge on any atom is -0.493 e. The topological polar surface area (TPSA) is 58.2 Å². The van der Waals surface area contributed by atoms with Crippen LogP contribution in [0.5, 0.6) is 5.75 Å². The highest BCUT2D eigenvalue weighted by molar-refractivity contribution is 5.87. The van der Waals surface area contributed by atoms with Gasteiger partial charge in [-0.3, -0.25) is 4.79 Å². The lowest BCUT2D eigenvalue weighted by Gasteiger charge is -2.32. The highest BCUT2D eigenvalue weighted by Gasteiger charge is 2.24. The van der Waals surface area contributed by atoms with E-state index < -0.39 is 0 Å². The number of carbonyl (C=O) groups is 1. The second kappa shape index (κ2) is 7.60. The van der Waals surface area contributed by atoms with Crippen LogP contribution in [0.15, 0.2) is 54.9 Å². The quantitative estimate of drug-likeness (QED) is 0.768. The average Bonchev–Trinajstić information content (AvgIpc) is 3.10. The number of benzene rings is 1. The van der Waals surface area contributed by atoms with Crippen molar-refractivity contribution in [1.29, 1.82) is 0 Å². The number of carbonyl (C=O) groups excluding carboxylic acids is 1. The molecule has 0 unspecified atom stereocenters. The first-order valence-electron chi connectivity index (χ1n) is 9.16. The molecule has 3 aromatic rings. The summed E-state index contributed by atoms with van der Waals surface area (Å²) in [6.45, 7) is 2.34. The zero-order chi connectivity index (χ0) is 17.8. The van der Waals surface area contributed by atoms with Crippen molar-refractivity contribution in [3.05, 3.63) is 60.4 Å². The Morgan fingerprint density at radius 3 is 2.77 bits per heavy atom. The SMILES string of the molecule is O=C(Cc1c[nH]c2ncccc12)N1CCC(COc2ccccc2)CC1. The summed E-state index contributed by atoms with van der Waals surface area (Å²) in [4.78, 5) is 22.1. The van der Waals surface area contributed by atoms with E-state index >= 15 is 0 Å². The molecule has 1 aliphatic heterocycles. The number of fused-ring (bicyclic) bond motifs is 1. The Balaban J connectivity index is 1.28. The number of rotatable bonds is 5. The molecular formula is C21H23N3O2. The number of nitrogens with one attached hydrogen (secondary N) is 1. The number of pyridine rings is 1. The molecule has 26 heavy (non-hydrogen) atoms. The van der Waals surface area contributed by atoms with Crippen LogP contribution in [0.2, 0.25) is 0 Å². The van der Waals surface area contributed by atoms with Crippen LogP contribution in [0, 0.1) is 5.92 Å². The maximum atomic E-state index is 12.7. The van der Waals surface area contributed by atoms with E-state index in [9.17, 15) is 4.79 Å². The van der Waals surface area contributed by atoms with Gasteiger partial charge in [-0.15, -0.1) is 0 Å². The standard InChI is InChI=1S/C21H23N3O2/c25-20(13-17-14-23-21-19(17)7-4-10-22-21)24-11-8-16(9-12-24)15-26-18-5-2-1-3-6-18/h1-7,10,14,16H,8-9,11-13,15H2,(H,22,23). The van der Waals surface area contributed by atoms with Crippen molar-refractivity contribution in [3.8, 4) is 5.75 Å². The molecule has 0 atom stereocenters. The van der Waals surface area contributed by atoms with E-state index in [4.69, 9.17) is 4.74 Å². The number of H-pyrrole nitrogens is 1. The van der Waals surface area contributed by atoms with Crippen LogP contribution < -0.4 is 4.74 Å². The lowest BCUT2D eigenvalue weighted by atomic mass is 9.97. The van der Waals surface area contributed by atoms with Gasteiger partial charge in [-0.2, -0.15) is 0 Å². The molecule has 0 bridgehead atoms. The lowest BCUT2D eigenvalue weighted by molar-refractivity contribution is -0.132. The Morgan fingerprint density at radius 2 is 1.96 bits per heavy atom. The van der Waals surface area contributed by atoms with Gasteiger partial charge in [0, 0.05) is 30.9 Å². The van der Waals surface area contributed by atoms with Gasteiger partial charge in [0.2, 0.25) is 5.91 Å². The van der Waals surface area contributed by atoms with Crippen molar-refractivity contribution in [2.24, 2.45) is 5.92 Å².